The minimum Gasteiger partial charge on any atom is -0.366 e. The molecule has 0 aromatic carbocycles. The van der Waals surface area contributed by atoms with Crippen LogP contribution in [-0.4, -0.2) is 17.1 Å². The lowest BCUT2D eigenvalue weighted by molar-refractivity contribution is -0.182. The maximum absolute atomic E-state index is 12.8. The molecule has 0 spiro atoms. The number of pyridine rings is 1. The monoisotopic (exact) mass is 222 g/mol. The summed E-state index contributed by atoms with van der Waals surface area (Å²) < 4.78 is 48.6. The van der Waals surface area contributed by atoms with Gasteiger partial charge in [-0.2, -0.15) is 13.2 Å². The standard InChI is InChI=1S/C8H6F4N2O/c9-6(8(10,11)12)4-1-5(7(13)15)3-14-2-4/h1-3,6H,(H2,13,15). The van der Waals surface area contributed by atoms with E-state index in [1.54, 1.807) is 0 Å². The zero-order valence-electron chi connectivity index (χ0n) is 7.25. The number of halogens is 4. The maximum atomic E-state index is 12.8. The van der Waals surface area contributed by atoms with Crippen molar-refractivity contribution in [2.45, 2.75) is 12.3 Å². The highest BCUT2D eigenvalue weighted by Crippen LogP contribution is 2.35. The number of alkyl halides is 4. The molecule has 1 unspecified atom stereocenters. The molecule has 0 aliphatic carbocycles. The predicted octanol–water partition coefficient (Wildman–Crippen LogP) is 1.75. The highest BCUT2D eigenvalue weighted by Gasteiger charge is 2.41. The zero-order valence-corrected chi connectivity index (χ0v) is 7.25. The van der Waals surface area contributed by atoms with Crippen LogP contribution in [0, 0.1) is 0 Å². The number of hydrogen-bond donors (Lipinski definition) is 1. The molecular weight excluding hydrogens is 216 g/mol. The van der Waals surface area contributed by atoms with Crippen LogP contribution in [0.5, 0.6) is 0 Å². The van der Waals surface area contributed by atoms with Gasteiger partial charge >= 0.3 is 6.18 Å². The Bertz CT molecular complexity index is 377. The second-order valence-corrected chi connectivity index (χ2v) is 2.78. The van der Waals surface area contributed by atoms with Crippen LogP contribution in [0.3, 0.4) is 0 Å². The van der Waals surface area contributed by atoms with Gasteiger partial charge in [0.1, 0.15) is 0 Å². The molecule has 15 heavy (non-hydrogen) atoms. The van der Waals surface area contributed by atoms with Gasteiger partial charge in [0.15, 0.2) is 0 Å². The highest BCUT2D eigenvalue weighted by atomic mass is 19.4. The van der Waals surface area contributed by atoms with Crippen LogP contribution in [0.25, 0.3) is 0 Å². The number of aromatic nitrogens is 1. The number of rotatable bonds is 2. The van der Waals surface area contributed by atoms with E-state index in [0.29, 0.717) is 6.20 Å². The van der Waals surface area contributed by atoms with E-state index in [4.69, 9.17) is 5.73 Å². The molecule has 1 atom stereocenters. The number of carbonyl (C=O) groups is 1. The van der Waals surface area contributed by atoms with Gasteiger partial charge in [0.25, 0.3) is 0 Å². The number of nitrogens with two attached hydrogens (primary N) is 1. The van der Waals surface area contributed by atoms with Crippen LogP contribution < -0.4 is 5.73 Å². The molecule has 1 aromatic heterocycles. The first kappa shape index (κ1) is 11.4. The number of hydrogen-bond acceptors (Lipinski definition) is 2. The molecule has 3 nitrogen and oxygen atoms in total. The summed E-state index contributed by atoms with van der Waals surface area (Å²) >= 11 is 0. The SMILES string of the molecule is NC(=O)c1cncc(C(F)C(F)(F)F)c1. The minimum atomic E-state index is -5.02. The summed E-state index contributed by atoms with van der Waals surface area (Å²) in [7, 11) is 0. The summed E-state index contributed by atoms with van der Waals surface area (Å²) in [6.45, 7) is 0. The van der Waals surface area contributed by atoms with Gasteiger partial charge in [-0.25, -0.2) is 4.39 Å². The van der Waals surface area contributed by atoms with E-state index >= 15 is 0 Å². The number of amides is 1. The molecule has 1 aromatic rings. The van der Waals surface area contributed by atoms with Gasteiger partial charge in [0, 0.05) is 18.0 Å². The van der Waals surface area contributed by atoms with E-state index < -0.39 is 23.8 Å². The third kappa shape index (κ3) is 2.64. The third-order valence-corrected chi connectivity index (χ3v) is 1.62. The first-order chi connectivity index (χ1) is 6.82. The molecule has 7 heteroatoms. The molecule has 0 aliphatic rings. The highest BCUT2D eigenvalue weighted by molar-refractivity contribution is 5.92. The average Bonchev–Trinajstić information content (AvgIpc) is 2.15. The van der Waals surface area contributed by atoms with Crippen LogP contribution in [0.1, 0.15) is 22.1 Å². The Kier molecular flexibility index (Phi) is 2.92. The lowest BCUT2D eigenvalue weighted by Gasteiger charge is -2.12. The van der Waals surface area contributed by atoms with E-state index in [0.717, 1.165) is 12.3 Å². The van der Waals surface area contributed by atoms with E-state index in [9.17, 15) is 22.4 Å². The number of carbonyl (C=O) groups excluding carboxylic acids is 1. The fourth-order valence-corrected chi connectivity index (χ4v) is 0.920. The van der Waals surface area contributed by atoms with Crippen LogP contribution in [-0.2, 0) is 0 Å². The normalized spacial score (nSPS) is 13.6. The molecule has 1 heterocycles. The smallest absolute Gasteiger partial charge is 0.366 e. The summed E-state index contributed by atoms with van der Waals surface area (Å²) in [5.41, 5.74) is 3.81. The van der Waals surface area contributed by atoms with Crippen molar-refractivity contribution in [3.8, 4) is 0 Å². The van der Waals surface area contributed by atoms with Gasteiger partial charge < -0.3 is 5.73 Å². The van der Waals surface area contributed by atoms with Gasteiger partial charge in [-0.3, -0.25) is 9.78 Å². The van der Waals surface area contributed by atoms with Crippen LogP contribution >= 0.6 is 0 Å². The van der Waals surface area contributed by atoms with Crippen molar-refractivity contribution in [3.05, 3.63) is 29.6 Å². The number of nitrogens with zero attached hydrogens (tertiary/aromatic N) is 1. The molecule has 0 bridgehead atoms. The van der Waals surface area contributed by atoms with Crippen molar-refractivity contribution in [1.82, 2.24) is 4.98 Å². The van der Waals surface area contributed by atoms with Gasteiger partial charge in [0.05, 0.1) is 5.56 Å². The molecule has 2 N–H and O–H groups in total. The van der Waals surface area contributed by atoms with E-state index in [2.05, 4.69) is 4.98 Å². The van der Waals surface area contributed by atoms with Crippen molar-refractivity contribution in [1.29, 1.82) is 0 Å². The Balaban J connectivity index is 3.06. The molecule has 0 radical (unpaired) electrons. The molecule has 0 fully saturated rings. The van der Waals surface area contributed by atoms with Crippen molar-refractivity contribution in [2.24, 2.45) is 5.73 Å². The van der Waals surface area contributed by atoms with E-state index in [1.807, 2.05) is 0 Å². The van der Waals surface area contributed by atoms with E-state index in [-0.39, 0.29) is 5.56 Å². The first-order valence-corrected chi connectivity index (χ1v) is 3.78. The van der Waals surface area contributed by atoms with E-state index in [1.165, 1.54) is 0 Å². The quantitative estimate of drug-likeness (QED) is 0.775. The second kappa shape index (κ2) is 3.84. The largest absolute Gasteiger partial charge is 0.423 e. The van der Waals surface area contributed by atoms with Gasteiger partial charge in [-0.1, -0.05) is 0 Å². The van der Waals surface area contributed by atoms with Crippen LogP contribution in [0.2, 0.25) is 0 Å². The van der Waals surface area contributed by atoms with Crippen LogP contribution in [0.4, 0.5) is 17.6 Å². The van der Waals surface area contributed by atoms with Gasteiger partial charge in [-0.15, -0.1) is 0 Å². The van der Waals surface area contributed by atoms with Crippen molar-refractivity contribution >= 4 is 5.91 Å². The van der Waals surface area contributed by atoms with Gasteiger partial charge in [-0.05, 0) is 6.07 Å². The second-order valence-electron chi connectivity index (χ2n) is 2.78. The lowest BCUT2D eigenvalue weighted by Crippen LogP contribution is -2.18. The summed E-state index contributed by atoms with van der Waals surface area (Å²) in [5.74, 6) is -0.960. The summed E-state index contributed by atoms with van der Waals surface area (Å²) in [6, 6.07) is 0.730. The molecule has 0 aliphatic heterocycles. The Labute approximate surface area is 81.9 Å². The summed E-state index contributed by atoms with van der Waals surface area (Å²) in [5, 5.41) is 0. The topological polar surface area (TPSA) is 56.0 Å². The summed E-state index contributed by atoms with van der Waals surface area (Å²) in [4.78, 5) is 13.9. The Morgan fingerprint density at radius 3 is 2.47 bits per heavy atom. The average molecular weight is 222 g/mol. The third-order valence-electron chi connectivity index (χ3n) is 1.62. The molecule has 0 saturated heterocycles. The predicted molar refractivity (Wildman–Crippen MR) is 42.7 cm³/mol. The fraction of sp³-hybridized carbons (Fsp3) is 0.250. The van der Waals surface area contributed by atoms with Crippen molar-refractivity contribution < 1.29 is 22.4 Å². The molecule has 82 valence electrons. The molecular formula is C8H6F4N2O. The van der Waals surface area contributed by atoms with Crippen LogP contribution in [0.15, 0.2) is 18.5 Å². The van der Waals surface area contributed by atoms with Gasteiger partial charge in [0.2, 0.25) is 12.1 Å². The van der Waals surface area contributed by atoms with Crippen molar-refractivity contribution in [3.63, 3.8) is 0 Å². The molecule has 1 amide bonds. The number of primary amides is 1. The molecule has 1 rings (SSSR count). The van der Waals surface area contributed by atoms with Crippen molar-refractivity contribution in [2.75, 3.05) is 0 Å². The Hall–Kier alpha value is -1.66. The summed E-state index contributed by atoms with van der Waals surface area (Å²) in [6.07, 6.45) is -6.51. The lowest BCUT2D eigenvalue weighted by atomic mass is 10.1. The Morgan fingerprint density at radius 1 is 1.40 bits per heavy atom. The maximum Gasteiger partial charge on any atom is 0.423 e. The molecule has 0 saturated carbocycles. The Morgan fingerprint density at radius 2 is 2.00 bits per heavy atom. The zero-order chi connectivity index (χ0) is 11.6. The fourth-order valence-electron chi connectivity index (χ4n) is 0.920. The first-order valence-electron chi connectivity index (χ1n) is 3.78. The minimum absolute atomic E-state index is 0.264.